The maximum Gasteiger partial charge on any atom is 0.324 e. The van der Waals surface area contributed by atoms with E-state index in [1.807, 2.05) is 49.9 Å². The highest BCUT2D eigenvalue weighted by Crippen LogP contribution is 2.23. The summed E-state index contributed by atoms with van der Waals surface area (Å²) in [4.78, 5) is 13.7. The topological polar surface area (TPSA) is 49.8 Å². The average Bonchev–Trinajstić information content (AvgIpc) is 2.40. The Hall–Kier alpha value is -1.55. The second-order valence-corrected chi connectivity index (χ2v) is 5.01. The molecule has 4 heteroatoms. The standard InChI is InChI=1S/C16H25NO3/c1-5-17(6-2)16(4,15(18)19)12-13-9-8-10-14(11-13)20-7-3/h8-11H,5-7,12H2,1-4H3,(H,18,19). The predicted octanol–water partition coefficient (Wildman–Crippen LogP) is 2.81. The number of aliphatic carboxylic acids is 1. The third kappa shape index (κ3) is 3.73. The van der Waals surface area contributed by atoms with E-state index in [0.717, 1.165) is 11.3 Å². The highest BCUT2D eigenvalue weighted by molar-refractivity contribution is 5.78. The van der Waals surface area contributed by atoms with Gasteiger partial charge in [0.25, 0.3) is 0 Å². The molecule has 1 rings (SSSR count). The fourth-order valence-corrected chi connectivity index (χ4v) is 2.55. The molecule has 0 saturated carbocycles. The van der Waals surface area contributed by atoms with Gasteiger partial charge in [-0.05, 0) is 44.6 Å². The second kappa shape index (κ2) is 7.29. The Morgan fingerprint density at radius 3 is 2.45 bits per heavy atom. The molecule has 1 N–H and O–H groups in total. The number of carbonyl (C=O) groups is 1. The predicted molar refractivity (Wildman–Crippen MR) is 80.3 cm³/mol. The Morgan fingerprint density at radius 1 is 1.30 bits per heavy atom. The van der Waals surface area contributed by atoms with Crippen molar-refractivity contribution in [2.24, 2.45) is 0 Å². The summed E-state index contributed by atoms with van der Waals surface area (Å²) >= 11 is 0. The maximum absolute atomic E-state index is 11.7. The van der Waals surface area contributed by atoms with E-state index in [4.69, 9.17) is 4.74 Å². The Labute approximate surface area is 121 Å². The van der Waals surface area contributed by atoms with Crippen molar-refractivity contribution in [2.45, 2.75) is 39.7 Å². The zero-order valence-electron chi connectivity index (χ0n) is 12.8. The van der Waals surface area contributed by atoms with Gasteiger partial charge in [-0.1, -0.05) is 26.0 Å². The summed E-state index contributed by atoms with van der Waals surface area (Å²) in [6.07, 6.45) is 0.463. The van der Waals surface area contributed by atoms with E-state index in [2.05, 4.69) is 0 Å². The monoisotopic (exact) mass is 279 g/mol. The minimum atomic E-state index is -0.895. The molecule has 0 aliphatic carbocycles. The molecule has 0 saturated heterocycles. The zero-order valence-corrected chi connectivity index (χ0v) is 12.8. The van der Waals surface area contributed by atoms with Crippen molar-refractivity contribution in [3.8, 4) is 5.75 Å². The van der Waals surface area contributed by atoms with Gasteiger partial charge in [0.05, 0.1) is 6.61 Å². The highest BCUT2D eigenvalue weighted by Gasteiger charge is 2.38. The molecule has 0 heterocycles. The van der Waals surface area contributed by atoms with E-state index < -0.39 is 11.5 Å². The van der Waals surface area contributed by atoms with Crippen molar-refractivity contribution in [1.29, 1.82) is 0 Å². The van der Waals surface area contributed by atoms with Crippen LogP contribution in [0.4, 0.5) is 0 Å². The summed E-state index contributed by atoms with van der Waals surface area (Å²) in [5.41, 5.74) is 0.0849. The highest BCUT2D eigenvalue weighted by atomic mass is 16.5. The number of benzene rings is 1. The minimum absolute atomic E-state index is 0.463. The van der Waals surface area contributed by atoms with Crippen LogP contribution in [0, 0.1) is 0 Å². The van der Waals surface area contributed by atoms with Crippen molar-refractivity contribution < 1.29 is 14.6 Å². The van der Waals surface area contributed by atoms with Crippen LogP contribution >= 0.6 is 0 Å². The lowest BCUT2D eigenvalue weighted by Gasteiger charge is -2.36. The molecule has 112 valence electrons. The number of hydrogen-bond acceptors (Lipinski definition) is 3. The average molecular weight is 279 g/mol. The summed E-state index contributed by atoms with van der Waals surface area (Å²) in [5, 5.41) is 9.63. The molecule has 0 radical (unpaired) electrons. The number of carboxylic acid groups (broad SMARTS) is 1. The molecule has 0 bridgehead atoms. The molecule has 1 atom stereocenters. The van der Waals surface area contributed by atoms with Gasteiger partial charge in [0.2, 0.25) is 0 Å². The van der Waals surface area contributed by atoms with Crippen molar-refractivity contribution in [3.63, 3.8) is 0 Å². The fraction of sp³-hybridized carbons (Fsp3) is 0.562. The van der Waals surface area contributed by atoms with Crippen LogP contribution < -0.4 is 4.74 Å². The van der Waals surface area contributed by atoms with Gasteiger partial charge in [-0.15, -0.1) is 0 Å². The summed E-state index contributed by atoms with van der Waals surface area (Å²) in [6.45, 7) is 9.73. The number of carboxylic acids is 1. The molecule has 0 amide bonds. The van der Waals surface area contributed by atoms with E-state index in [9.17, 15) is 9.90 Å². The molecule has 20 heavy (non-hydrogen) atoms. The number of ether oxygens (including phenoxy) is 1. The first kappa shape index (κ1) is 16.5. The van der Waals surface area contributed by atoms with Crippen LogP contribution in [0.5, 0.6) is 5.75 Å². The van der Waals surface area contributed by atoms with Crippen LogP contribution in [0.15, 0.2) is 24.3 Å². The summed E-state index contributed by atoms with van der Waals surface area (Å²) in [7, 11) is 0. The first-order valence-electron chi connectivity index (χ1n) is 7.18. The lowest BCUT2D eigenvalue weighted by atomic mass is 9.90. The van der Waals surface area contributed by atoms with Gasteiger partial charge in [0.1, 0.15) is 11.3 Å². The van der Waals surface area contributed by atoms with E-state index in [-0.39, 0.29) is 0 Å². The Balaban J connectivity index is 3.01. The van der Waals surface area contributed by atoms with E-state index >= 15 is 0 Å². The molecule has 0 spiro atoms. The summed E-state index contributed by atoms with van der Waals surface area (Å²) in [5.74, 6) is 0.000277. The molecule has 4 nitrogen and oxygen atoms in total. The molecule has 0 aromatic heterocycles. The van der Waals surface area contributed by atoms with E-state index in [1.165, 1.54) is 0 Å². The van der Waals surface area contributed by atoms with Crippen LogP contribution in [0.1, 0.15) is 33.3 Å². The van der Waals surface area contributed by atoms with Crippen molar-refractivity contribution >= 4 is 5.97 Å². The number of nitrogens with zero attached hydrogens (tertiary/aromatic N) is 1. The van der Waals surface area contributed by atoms with Gasteiger partial charge >= 0.3 is 5.97 Å². The third-order valence-electron chi connectivity index (χ3n) is 3.68. The molecule has 0 aliphatic heterocycles. The van der Waals surface area contributed by atoms with Gasteiger partial charge in [0, 0.05) is 6.42 Å². The third-order valence-corrected chi connectivity index (χ3v) is 3.68. The SMILES string of the molecule is CCOc1cccc(CC(C)(C(=O)O)N(CC)CC)c1. The quantitative estimate of drug-likeness (QED) is 0.795. The molecular weight excluding hydrogens is 254 g/mol. The molecular formula is C16H25NO3. The van der Waals surface area contributed by atoms with Gasteiger partial charge in [-0.25, -0.2) is 0 Å². The Morgan fingerprint density at radius 2 is 1.95 bits per heavy atom. The molecule has 1 aromatic rings. The van der Waals surface area contributed by atoms with Crippen LogP contribution in [-0.4, -0.2) is 41.2 Å². The van der Waals surface area contributed by atoms with Crippen molar-refractivity contribution in [1.82, 2.24) is 4.90 Å². The number of rotatable bonds is 8. The Kier molecular flexibility index (Phi) is 6.02. The first-order chi connectivity index (χ1) is 9.47. The lowest BCUT2D eigenvalue weighted by Crippen LogP contribution is -2.53. The first-order valence-corrected chi connectivity index (χ1v) is 7.18. The van der Waals surface area contributed by atoms with Crippen molar-refractivity contribution in [2.75, 3.05) is 19.7 Å². The Bertz CT molecular complexity index is 443. The number of likely N-dealkylation sites (N-methyl/N-ethyl adjacent to an activating group) is 1. The van der Waals surface area contributed by atoms with Crippen LogP contribution in [0.25, 0.3) is 0 Å². The van der Waals surface area contributed by atoms with Crippen LogP contribution in [0.2, 0.25) is 0 Å². The van der Waals surface area contributed by atoms with Crippen LogP contribution in [-0.2, 0) is 11.2 Å². The molecule has 0 fully saturated rings. The number of hydrogen-bond donors (Lipinski definition) is 1. The van der Waals surface area contributed by atoms with Gasteiger partial charge in [-0.2, -0.15) is 0 Å². The molecule has 0 aliphatic rings. The van der Waals surface area contributed by atoms with E-state index in [1.54, 1.807) is 6.92 Å². The molecule has 1 unspecified atom stereocenters. The molecule has 1 aromatic carbocycles. The smallest absolute Gasteiger partial charge is 0.324 e. The van der Waals surface area contributed by atoms with Crippen LogP contribution in [0.3, 0.4) is 0 Å². The van der Waals surface area contributed by atoms with Gasteiger partial charge < -0.3 is 9.84 Å². The second-order valence-electron chi connectivity index (χ2n) is 5.01. The van der Waals surface area contributed by atoms with Crippen molar-refractivity contribution in [3.05, 3.63) is 29.8 Å². The lowest BCUT2D eigenvalue weighted by molar-refractivity contribution is -0.150. The minimum Gasteiger partial charge on any atom is -0.494 e. The maximum atomic E-state index is 11.7. The van der Waals surface area contributed by atoms with Gasteiger partial charge in [0.15, 0.2) is 0 Å². The van der Waals surface area contributed by atoms with E-state index in [0.29, 0.717) is 26.1 Å². The largest absolute Gasteiger partial charge is 0.494 e. The van der Waals surface area contributed by atoms with Gasteiger partial charge in [-0.3, -0.25) is 9.69 Å². The summed E-state index contributed by atoms with van der Waals surface area (Å²) < 4.78 is 5.47. The zero-order chi connectivity index (χ0) is 15.2. The normalized spacial score (nSPS) is 14.1. The summed E-state index contributed by atoms with van der Waals surface area (Å²) in [6, 6.07) is 7.68. The fourth-order valence-electron chi connectivity index (χ4n) is 2.55.